The Morgan fingerprint density at radius 2 is 1.95 bits per heavy atom. The van der Waals surface area contributed by atoms with Crippen LogP contribution in [0.3, 0.4) is 0 Å². The fraction of sp³-hybridized carbons (Fsp3) is 0.533. The topological polar surface area (TPSA) is 75.1 Å². The Morgan fingerprint density at radius 1 is 1.27 bits per heavy atom. The Kier molecular flexibility index (Phi) is 6.15. The lowest BCUT2D eigenvalue weighted by atomic mass is 10.1. The van der Waals surface area contributed by atoms with Gasteiger partial charge in [0.25, 0.3) is 0 Å². The van der Waals surface area contributed by atoms with E-state index in [-0.39, 0.29) is 6.54 Å². The molecule has 3 N–H and O–H groups in total. The van der Waals surface area contributed by atoms with E-state index >= 15 is 0 Å². The molecule has 1 aliphatic heterocycles. The van der Waals surface area contributed by atoms with E-state index in [2.05, 4.69) is 15.6 Å². The maximum absolute atomic E-state index is 10.3. The van der Waals surface area contributed by atoms with Crippen molar-refractivity contribution in [2.45, 2.75) is 20.0 Å². The van der Waals surface area contributed by atoms with Crippen LogP contribution in [0.15, 0.2) is 17.1 Å². The van der Waals surface area contributed by atoms with Gasteiger partial charge in [0.2, 0.25) is 0 Å². The molecule has 0 fully saturated rings. The van der Waals surface area contributed by atoms with Crippen LogP contribution in [0.1, 0.15) is 25.5 Å². The van der Waals surface area contributed by atoms with Crippen molar-refractivity contribution in [1.82, 2.24) is 10.6 Å². The third kappa shape index (κ3) is 4.18. The van der Waals surface area contributed by atoms with Crippen LogP contribution in [0, 0.1) is 0 Å². The molecular formula is C15H22ClN3O3. The molecular weight excluding hydrogens is 306 g/mol. The predicted octanol–water partition coefficient (Wildman–Crippen LogP) is 1.72. The minimum Gasteiger partial charge on any atom is -0.486 e. The van der Waals surface area contributed by atoms with Crippen molar-refractivity contribution in [1.29, 1.82) is 0 Å². The molecule has 122 valence electrons. The minimum atomic E-state index is -0.763. The van der Waals surface area contributed by atoms with Gasteiger partial charge >= 0.3 is 0 Å². The number of guanidine groups is 1. The normalized spacial score (nSPS) is 14.2. The molecule has 0 spiro atoms. The second-order valence-corrected chi connectivity index (χ2v) is 5.20. The van der Waals surface area contributed by atoms with Crippen LogP contribution in [-0.2, 0) is 0 Å². The first-order valence-electron chi connectivity index (χ1n) is 7.45. The maximum Gasteiger partial charge on any atom is 0.191 e. The molecule has 0 saturated heterocycles. The van der Waals surface area contributed by atoms with Crippen LogP contribution in [0.5, 0.6) is 11.5 Å². The van der Waals surface area contributed by atoms with E-state index in [1.807, 2.05) is 13.8 Å². The van der Waals surface area contributed by atoms with Crippen molar-refractivity contribution in [3.8, 4) is 11.5 Å². The second kappa shape index (κ2) is 8.10. The quantitative estimate of drug-likeness (QED) is 0.567. The van der Waals surface area contributed by atoms with Crippen molar-refractivity contribution in [2.75, 3.05) is 32.8 Å². The van der Waals surface area contributed by atoms with E-state index in [1.54, 1.807) is 12.1 Å². The average molecular weight is 328 g/mol. The molecule has 1 unspecified atom stereocenters. The monoisotopic (exact) mass is 327 g/mol. The van der Waals surface area contributed by atoms with Gasteiger partial charge in [-0.15, -0.1) is 0 Å². The van der Waals surface area contributed by atoms with E-state index in [4.69, 9.17) is 21.1 Å². The fourth-order valence-electron chi connectivity index (χ4n) is 2.12. The van der Waals surface area contributed by atoms with Gasteiger partial charge in [-0.25, -0.2) is 0 Å². The number of aliphatic hydroxyl groups excluding tert-OH is 1. The molecule has 6 nitrogen and oxygen atoms in total. The average Bonchev–Trinajstić information content (AvgIpc) is 2.52. The zero-order valence-electron chi connectivity index (χ0n) is 12.9. The van der Waals surface area contributed by atoms with Gasteiger partial charge in [-0.3, -0.25) is 4.99 Å². The summed E-state index contributed by atoms with van der Waals surface area (Å²) >= 11 is 6.18. The van der Waals surface area contributed by atoms with Crippen LogP contribution in [0.25, 0.3) is 0 Å². The third-order valence-corrected chi connectivity index (χ3v) is 3.40. The summed E-state index contributed by atoms with van der Waals surface area (Å²) in [5.41, 5.74) is 0.658. The number of aliphatic imine (C=N–C) groups is 1. The van der Waals surface area contributed by atoms with E-state index < -0.39 is 6.10 Å². The molecule has 0 bridgehead atoms. The number of aliphatic hydroxyl groups is 1. The Morgan fingerprint density at radius 3 is 2.64 bits per heavy atom. The molecule has 1 atom stereocenters. The zero-order chi connectivity index (χ0) is 15.9. The van der Waals surface area contributed by atoms with Gasteiger partial charge in [-0.1, -0.05) is 11.6 Å². The summed E-state index contributed by atoms with van der Waals surface area (Å²) in [6.45, 7) is 6.69. The lowest BCUT2D eigenvalue weighted by Crippen LogP contribution is -2.37. The third-order valence-electron chi connectivity index (χ3n) is 3.11. The van der Waals surface area contributed by atoms with E-state index in [9.17, 15) is 5.11 Å². The first-order valence-corrected chi connectivity index (χ1v) is 7.82. The molecule has 7 heteroatoms. The highest BCUT2D eigenvalue weighted by Crippen LogP contribution is 2.39. The Balaban J connectivity index is 2.10. The largest absolute Gasteiger partial charge is 0.486 e. The number of halogens is 1. The molecule has 1 aromatic carbocycles. The number of hydrogen-bond acceptors (Lipinski definition) is 4. The number of ether oxygens (including phenoxy) is 2. The molecule has 0 aliphatic carbocycles. The van der Waals surface area contributed by atoms with Gasteiger partial charge in [-0.05, 0) is 31.5 Å². The lowest BCUT2D eigenvalue weighted by molar-refractivity contribution is 0.167. The van der Waals surface area contributed by atoms with Gasteiger partial charge in [-0.2, -0.15) is 0 Å². The van der Waals surface area contributed by atoms with Gasteiger partial charge in [0.05, 0.1) is 17.7 Å². The van der Waals surface area contributed by atoms with Gasteiger partial charge in [0, 0.05) is 13.1 Å². The first kappa shape index (κ1) is 16.7. The van der Waals surface area contributed by atoms with Gasteiger partial charge in [0.1, 0.15) is 13.2 Å². The molecule has 1 aliphatic rings. The number of benzene rings is 1. The Bertz CT molecular complexity index is 529. The van der Waals surface area contributed by atoms with Crippen LogP contribution in [0.4, 0.5) is 0 Å². The molecule has 0 radical (unpaired) electrons. The second-order valence-electron chi connectivity index (χ2n) is 4.79. The summed E-state index contributed by atoms with van der Waals surface area (Å²) in [5.74, 6) is 1.77. The lowest BCUT2D eigenvalue weighted by Gasteiger charge is -2.21. The van der Waals surface area contributed by atoms with Crippen LogP contribution in [0.2, 0.25) is 5.02 Å². The summed E-state index contributed by atoms with van der Waals surface area (Å²) < 4.78 is 11.0. The van der Waals surface area contributed by atoms with Crippen molar-refractivity contribution >= 4 is 17.6 Å². The van der Waals surface area contributed by atoms with E-state index in [1.165, 1.54) is 0 Å². The molecule has 0 aromatic heterocycles. The molecule has 2 rings (SSSR count). The highest BCUT2D eigenvalue weighted by Gasteiger charge is 2.19. The summed E-state index contributed by atoms with van der Waals surface area (Å²) in [5, 5.41) is 17.0. The van der Waals surface area contributed by atoms with Gasteiger partial charge in [0.15, 0.2) is 17.5 Å². The Labute approximate surface area is 135 Å². The fourth-order valence-corrected chi connectivity index (χ4v) is 2.39. The maximum atomic E-state index is 10.3. The highest BCUT2D eigenvalue weighted by molar-refractivity contribution is 6.32. The highest BCUT2D eigenvalue weighted by atomic mass is 35.5. The molecule has 22 heavy (non-hydrogen) atoms. The Hall–Kier alpha value is -1.66. The van der Waals surface area contributed by atoms with Crippen LogP contribution >= 0.6 is 11.6 Å². The number of fused-ring (bicyclic) bond motifs is 1. The molecule has 1 heterocycles. The number of nitrogens with one attached hydrogen (secondary N) is 2. The zero-order valence-corrected chi connectivity index (χ0v) is 13.6. The van der Waals surface area contributed by atoms with E-state index in [0.717, 1.165) is 13.1 Å². The van der Waals surface area contributed by atoms with Crippen molar-refractivity contribution in [2.24, 2.45) is 4.99 Å². The number of hydrogen-bond donors (Lipinski definition) is 3. The SMILES string of the molecule is CCNC(=NCC(O)c1cc(Cl)c2c(c1)OCCO2)NCC. The predicted molar refractivity (Wildman–Crippen MR) is 87.1 cm³/mol. The smallest absolute Gasteiger partial charge is 0.191 e. The molecule has 1 aromatic rings. The number of nitrogens with zero attached hydrogens (tertiary/aromatic N) is 1. The summed E-state index contributed by atoms with van der Waals surface area (Å²) in [6.07, 6.45) is -0.763. The van der Waals surface area contributed by atoms with Crippen molar-refractivity contribution < 1.29 is 14.6 Å². The van der Waals surface area contributed by atoms with E-state index in [0.29, 0.717) is 41.3 Å². The van der Waals surface area contributed by atoms with Gasteiger partial charge < -0.3 is 25.2 Å². The van der Waals surface area contributed by atoms with Crippen molar-refractivity contribution in [3.63, 3.8) is 0 Å². The summed E-state index contributed by atoms with van der Waals surface area (Å²) in [6, 6.07) is 3.44. The minimum absolute atomic E-state index is 0.227. The number of rotatable bonds is 5. The van der Waals surface area contributed by atoms with Crippen LogP contribution < -0.4 is 20.1 Å². The molecule has 0 saturated carbocycles. The standard InChI is InChI=1S/C15H22ClN3O3/c1-3-17-15(18-4-2)19-9-12(20)10-7-11(16)14-13(8-10)21-5-6-22-14/h7-8,12,20H,3-6,9H2,1-2H3,(H2,17,18,19). The molecule has 0 amide bonds. The van der Waals surface area contributed by atoms with Crippen LogP contribution in [-0.4, -0.2) is 43.9 Å². The summed E-state index contributed by atoms with van der Waals surface area (Å²) in [7, 11) is 0. The summed E-state index contributed by atoms with van der Waals surface area (Å²) in [4.78, 5) is 4.35. The first-order chi connectivity index (χ1) is 10.7. The van der Waals surface area contributed by atoms with Crippen molar-refractivity contribution in [3.05, 3.63) is 22.7 Å².